The second-order valence-electron chi connectivity index (χ2n) is 7.62. The number of benzene rings is 3. The quantitative estimate of drug-likeness (QED) is 0.426. The third-order valence-corrected chi connectivity index (χ3v) is 6.43. The number of carbonyl (C=O) groups is 2. The van der Waals surface area contributed by atoms with E-state index in [0.717, 1.165) is 27.3 Å². The van der Waals surface area contributed by atoms with Gasteiger partial charge in [-0.1, -0.05) is 43.3 Å². The maximum absolute atomic E-state index is 12.9. The molecule has 0 saturated carbocycles. The van der Waals surface area contributed by atoms with Gasteiger partial charge in [0.05, 0.1) is 5.25 Å². The predicted octanol–water partition coefficient (Wildman–Crippen LogP) is 6.37. The molecular weight excluding hydrogens is 404 g/mol. The molecule has 2 amide bonds. The van der Waals surface area contributed by atoms with E-state index in [1.54, 1.807) is 0 Å². The van der Waals surface area contributed by atoms with Crippen LogP contribution in [0.2, 0.25) is 0 Å². The number of rotatable bonds is 7. The molecule has 3 rings (SSSR count). The highest BCUT2D eigenvalue weighted by atomic mass is 32.2. The lowest BCUT2D eigenvalue weighted by atomic mass is 10.1. The highest BCUT2D eigenvalue weighted by Gasteiger charge is 2.19. The smallest absolute Gasteiger partial charge is 0.255 e. The van der Waals surface area contributed by atoms with Gasteiger partial charge in [-0.05, 0) is 74.2 Å². The van der Waals surface area contributed by atoms with Gasteiger partial charge in [-0.3, -0.25) is 9.59 Å². The number of aryl methyl sites for hydroxylation is 3. The molecule has 3 aromatic rings. The largest absolute Gasteiger partial charge is 0.325 e. The fourth-order valence-electron chi connectivity index (χ4n) is 3.24. The van der Waals surface area contributed by atoms with Gasteiger partial charge in [0.25, 0.3) is 5.91 Å². The summed E-state index contributed by atoms with van der Waals surface area (Å²) in [7, 11) is 0. The van der Waals surface area contributed by atoms with E-state index in [4.69, 9.17) is 0 Å². The van der Waals surface area contributed by atoms with Crippen molar-refractivity contribution in [2.45, 2.75) is 44.3 Å². The molecule has 31 heavy (non-hydrogen) atoms. The van der Waals surface area contributed by atoms with Crippen LogP contribution in [-0.2, 0) is 4.79 Å². The summed E-state index contributed by atoms with van der Waals surface area (Å²) in [4.78, 5) is 26.4. The topological polar surface area (TPSA) is 58.2 Å². The second-order valence-corrected chi connectivity index (χ2v) is 8.90. The lowest BCUT2D eigenvalue weighted by molar-refractivity contribution is -0.115. The van der Waals surface area contributed by atoms with Crippen LogP contribution in [0, 0.1) is 20.8 Å². The zero-order valence-electron chi connectivity index (χ0n) is 18.4. The molecule has 2 N–H and O–H groups in total. The first-order valence-electron chi connectivity index (χ1n) is 10.4. The predicted molar refractivity (Wildman–Crippen MR) is 130 cm³/mol. The Hall–Kier alpha value is -3.05. The molecule has 0 spiro atoms. The number of thioether (sulfide) groups is 1. The van der Waals surface area contributed by atoms with Crippen molar-refractivity contribution in [1.82, 2.24) is 0 Å². The van der Waals surface area contributed by atoms with Crippen molar-refractivity contribution in [3.63, 3.8) is 0 Å². The third kappa shape index (κ3) is 5.98. The number of carbonyl (C=O) groups excluding carboxylic acids is 2. The number of nitrogens with one attached hydrogen (secondary N) is 2. The Kier molecular flexibility index (Phi) is 7.53. The summed E-state index contributed by atoms with van der Waals surface area (Å²) in [6.45, 7) is 7.92. The summed E-state index contributed by atoms with van der Waals surface area (Å²) < 4.78 is 0. The highest BCUT2D eigenvalue weighted by molar-refractivity contribution is 8.00. The zero-order chi connectivity index (χ0) is 22.4. The van der Waals surface area contributed by atoms with Crippen molar-refractivity contribution in [2.75, 3.05) is 10.6 Å². The molecule has 1 atom stereocenters. The van der Waals surface area contributed by atoms with Crippen molar-refractivity contribution in [2.24, 2.45) is 0 Å². The molecule has 0 bridgehead atoms. The zero-order valence-corrected chi connectivity index (χ0v) is 19.2. The molecule has 0 aliphatic rings. The van der Waals surface area contributed by atoms with E-state index < -0.39 is 0 Å². The van der Waals surface area contributed by atoms with Gasteiger partial charge in [0.2, 0.25) is 5.91 Å². The van der Waals surface area contributed by atoms with Crippen molar-refractivity contribution in [3.8, 4) is 0 Å². The molecule has 160 valence electrons. The van der Waals surface area contributed by atoms with Gasteiger partial charge < -0.3 is 10.6 Å². The van der Waals surface area contributed by atoms with Crippen molar-refractivity contribution >= 4 is 35.0 Å². The van der Waals surface area contributed by atoms with Crippen molar-refractivity contribution < 1.29 is 9.59 Å². The molecule has 0 aliphatic carbocycles. The maximum Gasteiger partial charge on any atom is 0.255 e. The first-order valence-corrected chi connectivity index (χ1v) is 11.3. The van der Waals surface area contributed by atoms with E-state index >= 15 is 0 Å². The summed E-state index contributed by atoms with van der Waals surface area (Å²) in [6.07, 6.45) is 0.696. The summed E-state index contributed by atoms with van der Waals surface area (Å²) in [5.41, 5.74) is 5.30. The Bertz CT molecular complexity index is 1090. The van der Waals surface area contributed by atoms with Crippen molar-refractivity contribution in [1.29, 1.82) is 0 Å². The number of amides is 2. The summed E-state index contributed by atoms with van der Waals surface area (Å²) in [5, 5.41) is 5.79. The Balaban J connectivity index is 1.69. The van der Waals surface area contributed by atoms with Crippen LogP contribution in [0.1, 0.15) is 40.4 Å². The van der Waals surface area contributed by atoms with Crippen molar-refractivity contribution in [3.05, 3.63) is 89.0 Å². The van der Waals surface area contributed by atoms with E-state index in [9.17, 15) is 9.59 Å². The van der Waals surface area contributed by atoms with Crippen LogP contribution in [0.5, 0.6) is 0 Å². The molecule has 0 aromatic heterocycles. The van der Waals surface area contributed by atoms with Gasteiger partial charge in [0.1, 0.15) is 0 Å². The van der Waals surface area contributed by atoms with E-state index in [-0.39, 0.29) is 17.1 Å². The van der Waals surface area contributed by atoms with E-state index in [1.807, 2.05) is 94.4 Å². The summed E-state index contributed by atoms with van der Waals surface area (Å²) >= 11 is 1.50. The molecule has 0 saturated heterocycles. The van der Waals surface area contributed by atoms with Crippen LogP contribution in [0.15, 0.2) is 71.6 Å². The van der Waals surface area contributed by atoms with Crippen LogP contribution >= 0.6 is 11.8 Å². The SMILES string of the molecule is CCC(Sc1cccc(NC(=O)c2ccccc2C)c1)C(=O)Nc1cc(C)ccc1C. The standard InChI is InChI=1S/C26H28N2O2S/c1-5-24(26(30)28-23-15-17(2)13-14-19(23)4)31-21-11-8-10-20(16-21)27-25(29)22-12-7-6-9-18(22)3/h6-16,24H,5H2,1-4H3,(H,27,29)(H,28,30). The Labute approximate surface area is 188 Å². The fourth-order valence-corrected chi connectivity index (χ4v) is 4.26. The number of hydrogen-bond acceptors (Lipinski definition) is 3. The van der Waals surface area contributed by atoms with Crippen LogP contribution in [0.4, 0.5) is 11.4 Å². The average molecular weight is 433 g/mol. The summed E-state index contributed by atoms with van der Waals surface area (Å²) in [6, 6.07) is 21.2. The molecule has 0 radical (unpaired) electrons. The molecule has 3 aromatic carbocycles. The average Bonchev–Trinajstić information content (AvgIpc) is 2.75. The van der Waals surface area contributed by atoms with E-state index in [0.29, 0.717) is 17.7 Å². The Morgan fingerprint density at radius 3 is 2.39 bits per heavy atom. The van der Waals surface area contributed by atoms with Gasteiger partial charge in [0.15, 0.2) is 0 Å². The molecule has 1 unspecified atom stereocenters. The van der Waals surface area contributed by atoms with Crippen LogP contribution < -0.4 is 10.6 Å². The molecule has 0 heterocycles. The lowest BCUT2D eigenvalue weighted by Gasteiger charge is -2.17. The van der Waals surface area contributed by atoms with E-state index in [1.165, 1.54) is 11.8 Å². The van der Waals surface area contributed by atoms with Crippen LogP contribution in [0.3, 0.4) is 0 Å². The maximum atomic E-state index is 12.9. The van der Waals surface area contributed by atoms with Gasteiger partial charge >= 0.3 is 0 Å². The minimum Gasteiger partial charge on any atom is -0.325 e. The van der Waals surface area contributed by atoms with Crippen LogP contribution in [-0.4, -0.2) is 17.1 Å². The lowest BCUT2D eigenvalue weighted by Crippen LogP contribution is -2.25. The Morgan fingerprint density at radius 2 is 1.65 bits per heavy atom. The Morgan fingerprint density at radius 1 is 0.871 bits per heavy atom. The molecule has 0 fully saturated rings. The molecule has 4 nitrogen and oxygen atoms in total. The minimum absolute atomic E-state index is 0.0180. The highest BCUT2D eigenvalue weighted by Crippen LogP contribution is 2.29. The van der Waals surface area contributed by atoms with Gasteiger partial charge in [-0.15, -0.1) is 11.8 Å². The normalized spacial score (nSPS) is 11.6. The molecule has 0 aliphatic heterocycles. The first kappa shape index (κ1) is 22.6. The monoisotopic (exact) mass is 432 g/mol. The third-order valence-electron chi connectivity index (χ3n) is 5.07. The fraction of sp³-hybridized carbons (Fsp3) is 0.231. The second kappa shape index (κ2) is 10.3. The minimum atomic E-state index is -0.234. The van der Waals surface area contributed by atoms with Gasteiger partial charge in [0, 0.05) is 21.8 Å². The molecule has 5 heteroatoms. The van der Waals surface area contributed by atoms with E-state index in [2.05, 4.69) is 10.6 Å². The van der Waals surface area contributed by atoms with Gasteiger partial charge in [-0.2, -0.15) is 0 Å². The first-order chi connectivity index (χ1) is 14.9. The van der Waals surface area contributed by atoms with Gasteiger partial charge in [-0.25, -0.2) is 0 Å². The molecular formula is C26H28N2O2S. The summed E-state index contributed by atoms with van der Waals surface area (Å²) in [5.74, 6) is -0.157. The number of anilines is 2. The van der Waals surface area contributed by atoms with Crippen LogP contribution in [0.25, 0.3) is 0 Å². The number of hydrogen-bond donors (Lipinski definition) is 2.